The standard InChI is InChI=1S/C6H4Cl2N4S/c1-3-4(7)2-12(9-3)6-5(8)10-13-11-6/h2H,1H3. The largest absolute Gasteiger partial charge is 0.217 e. The van der Waals surface area contributed by atoms with E-state index in [4.69, 9.17) is 23.2 Å². The number of nitrogens with zero attached hydrogens (tertiary/aromatic N) is 4. The Labute approximate surface area is 88.4 Å². The molecule has 2 aromatic rings. The first kappa shape index (κ1) is 8.93. The minimum absolute atomic E-state index is 0.337. The lowest BCUT2D eigenvalue weighted by Gasteiger charge is -1.92. The van der Waals surface area contributed by atoms with Gasteiger partial charge in [0.15, 0.2) is 5.15 Å². The number of hydrogen-bond donors (Lipinski definition) is 0. The highest BCUT2D eigenvalue weighted by molar-refractivity contribution is 6.99. The molecule has 0 amide bonds. The van der Waals surface area contributed by atoms with Crippen molar-refractivity contribution in [3.05, 3.63) is 22.1 Å². The van der Waals surface area contributed by atoms with Crippen molar-refractivity contribution in [2.24, 2.45) is 0 Å². The zero-order chi connectivity index (χ0) is 9.42. The molecule has 7 heteroatoms. The second-order valence-corrected chi connectivity index (χ2v) is 3.68. The summed E-state index contributed by atoms with van der Waals surface area (Å²) in [6.07, 6.45) is 1.65. The molecule has 2 rings (SSSR count). The van der Waals surface area contributed by atoms with E-state index in [2.05, 4.69) is 13.8 Å². The van der Waals surface area contributed by atoms with Crippen LogP contribution in [0.4, 0.5) is 0 Å². The van der Waals surface area contributed by atoms with Gasteiger partial charge >= 0.3 is 0 Å². The molecule has 0 bridgehead atoms. The van der Waals surface area contributed by atoms with Crippen LogP contribution >= 0.6 is 34.9 Å². The van der Waals surface area contributed by atoms with E-state index in [0.717, 1.165) is 17.4 Å². The summed E-state index contributed by atoms with van der Waals surface area (Å²) in [7, 11) is 0. The van der Waals surface area contributed by atoms with E-state index in [-0.39, 0.29) is 0 Å². The predicted octanol–water partition coefficient (Wildman–Crippen LogP) is 2.34. The zero-order valence-corrected chi connectivity index (χ0v) is 8.86. The van der Waals surface area contributed by atoms with Crippen LogP contribution in [0.2, 0.25) is 10.2 Å². The van der Waals surface area contributed by atoms with Gasteiger partial charge < -0.3 is 0 Å². The lowest BCUT2D eigenvalue weighted by atomic mass is 10.5. The molecule has 2 heterocycles. The molecule has 0 aromatic carbocycles. The highest BCUT2D eigenvalue weighted by atomic mass is 35.5. The van der Waals surface area contributed by atoms with Gasteiger partial charge in [-0.2, -0.15) is 13.8 Å². The molecular formula is C6H4Cl2N4S. The fourth-order valence-corrected chi connectivity index (χ4v) is 1.70. The van der Waals surface area contributed by atoms with Gasteiger partial charge in [0.1, 0.15) is 0 Å². The second kappa shape index (κ2) is 3.25. The quantitative estimate of drug-likeness (QED) is 0.761. The lowest BCUT2D eigenvalue weighted by molar-refractivity contribution is 0.843. The van der Waals surface area contributed by atoms with Gasteiger partial charge in [-0.05, 0) is 6.92 Å². The SMILES string of the molecule is Cc1nn(-c2nsnc2Cl)cc1Cl. The van der Waals surface area contributed by atoms with Crippen LogP contribution in [0.25, 0.3) is 5.82 Å². The second-order valence-electron chi connectivity index (χ2n) is 2.39. The third-order valence-corrected chi connectivity index (χ3v) is 2.73. The number of rotatable bonds is 1. The molecule has 0 atom stereocenters. The van der Waals surface area contributed by atoms with Gasteiger partial charge in [-0.25, -0.2) is 4.68 Å². The van der Waals surface area contributed by atoms with Crippen molar-refractivity contribution >= 4 is 34.9 Å². The van der Waals surface area contributed by atoms with Crippen molar-refractivity contribution in [3.8, 4) is 5.82 Å². The first-order chi connectivity index (χ1) is 6.18. The first-order valence-electron chi connectivity index (χ1n) is 3.38. The fraction of sp³-hybridized carbons (Fsp3) is 0.167. The van der Waals surface area contributed by atoms with Crippen molar-refractivity contribution in [3.63, 3.8) is 0 Å². The normalized spacial score (nSPS) is 10.7. The van der Waals surface area contributed by atoms with Crippen molar-refractivity contribution < 1.29 is 0 Å². The molecule has 0 aliphatic heterocycles. The van der Waals surface area contributed by atoms with Gasteiger partial charge in [0.05, 0.1) is 28.6 Å². The van der Waals surface area contributed by atoms with Crippen LogP contribution in [0.5, 0.6) is 0 Å². The Kier molecular flexibility index (Phi) is 2.23. The number of aromatic nitrogens is 4. The number of hydrogen-bond acceptors (Lipinski definition) is 4. The maximum atomic E-state index is 5.83. The molecule has 0 saturated heterocycles. The molecule has 4 nitrogen and oxygen atoms in total. The average Bonchev–Trinajstić information content (AvgIpc) is 2.60. The summed E-state index contributed by atoms with van der Waals surface area (Å²) in [5.74, 6) is 0.515. The van der Waals surface area contributed by atoms with Crippen LogP contribution in [0.15, 0.2) is 6.20 Å². The van der Waals surface area contributed by atoms with Crippen LogP contribution in [-0.2, 0) is 0 Å². The highest BCUT2D eigenvalue weighted by Gasteiger charge is 2.10. The minimum Gasteiger partial charge on any atom is -0.217 e. The molecule has 0 aliphatic carbocycles. The Morgan fingerprint density at radius 1 is 1.38 bits per heavy atom. The van der Waals surface area contributed by atoms with Crippen molar-refractivity contribution in [2.45, 2.75) is 6.92 Å². The molecule has 0 N–H and O–H groups in total. The van der Waals surface area contributed by atoms with Crippen LogP contribution in [0.3, 0.4) is 0 Å². The molecule has 13 heavy (non-hydrogen) atoms. The molecule has 0 aliphatic rings. The van der Waals surface area contributed by atoms with Gasteiger partial charge in [0.25, 0.3) is 0 Å². The van der Waals surface area contributed by atoms with E-state index < -0.39 is 0 Å². The Hall–Kier alpha value is -0.650. The molecule has 0 spiro atoms. The summed E-state index contributed by atoms with van der Waals surface area (Å²) in [4.78, 5) is 0. The third-order valence-electron chi connectivity index (χ3n) is 1.49. The fourth-order valence-electron chi connectivity index (χ4n) is 0.857. The molecule has 0 radical (unpaired) electrons. The molecule has 0 unspecified atom stereocenters. The van der Waals surface area contributed by atoms with Crippen LogP contribution < -0.4 is 0 Å². The van der Waals surface area contributed by atoms with E-state index >= 15 is 0 Å². The Balaban J connectivity index is 2.53. The van der Waals surface area contributed by atoms with Gasteiger partial charge in [-0.3, -0.25) is 0 Å². The van der Waals surface area contributed by atoms with E-state index in [9.17, 15) is 0 Å². The Morgan fingerprint density at radius 2 is 2.15 bits per heavy atom. The average molecular weight is 235 g/mol. The summed E-state index contributed by atoms with van der Waals surface area (Å²) >= 11 is 12.6. The van der Waals surface area contributed by atoms with E-state index in [1.807, 2.05) is 6.92 Å². The van der Waals surface area contributed by atoms with Crippen molar-refractivity contribution in [2.75, 3.05) is 0 Å². The van der Waals surface area contributed by atoms with Gasteiger partial charge in [-0.1, -0.05) is 23.2 Å². The summed E-state index contributed by atoms with van der Waals surface area (Å²) in [5.41, 5.74) is 0.741. The van der Waals surface area contributed by atoms with Crippen LogP contribution in [0, 0.1) is 6.92 Å². The van der Waals surface area contributed by atoms with Gasteiger partial charge in [0.2, 0.25) is 5.82 Å². The first-order valence-corrected chi connectivity index (χ1v) is 4.87. The number of halogens is 2. The maximum Gasteiger partial charge on any atom is 0.206 e. The predicted molar refractivity (Wildman–Crippen MR) is 51.8 cm³/mol. The monoisotopic (exact) mass is 234 g/mol. The van der Waals surface area contributed by atoms with E-state index in [1.54, 1.807) is 6.20 Å². The van der Waals surface area contributed by atoms with Crippen LogP contribution in [-0.4, -0.2) is 18.5 Å². The minimum atomic E-state index is 0.337. The molecule has 0 fully saturated rings. The summed E-state index contributed by atoms with van der Waals surface area (Å²) in [6.45, 7) is 1.81. The van der Waals surface area contributed by atoms with Crippen LogP contribution in [0.1, 0.15) is 5.69 Å². The Bertz CT molecular complexity index is 416. The zero-order valence-electron chi connectivity index (χ0n) is 6.53. The highest BCUT2D eigenvalue weighted by Crippen LogP contribution is 2.20. The van der Waals surface area contributed by atoms with Crippen molar-refractivity contribution in [1.29, 1.82) is 0 Å². The molecular weight excluding hydrogens is 231 g/mol. The maximum absolute atomic E-state index is 5.83. The van der Waals surface area contributed by atoms with Gasteiger partial charge in [-0.15, -0.1) is 0 Å². The molecule has 2 aromatic heterocycles. The molecule has 68 valence electrons. The topological polar surface area (TPSA) is 43.6 Å². The Morgan fingerprint density at radius 3 is 2.62 bits per heavy atom. The summed E-state index contributed by atoms with van der Waals surface area (Å²) in [6, 6.07) is 0. The third kappa shape index (κ3) is 1.54. The summed E-state index contributed by atoms with van der Waals surface area (Å²) in [5, 5.41) is 5.04. The van der Waals surface area contributed by atoms with Crippen molar-refractivity contribution in [1.82, 2.24) is 18.5 Å². The number of aryl methyl sites for hydroxylation is 1. The smallest absolute Gasteiger partial charge is 0.206 e. The van der Waals surface area contributed by atoms with Gasteiger partial charge in [0, 0.05) is 0 Å². The van der Waals surface area contributed by atoms with E-state index in [1.165, 1.54) is 4.68 Å². The summed E-state index contributed by atoms with van der Waals surface area (Å²) < 4.78 is 9.32. The van der Waals surface area contributed by atoms with E-state index in [0.29, 0.717) is 16.0 Å². The molecule has 0 saturated carbocycles. The lowest BCUT2D eigenvalue weighted by Crippen LogP contribution is -1.95.